The molecule has 1 saturated carbocycles. The molecule has 0 N–H and O–H groups in total. The molecule has 0 spiro atoms. The van der Waals surface area contributed by atoms with Gasteiger partial charge in [-0.25, -0.2) is 0 Å². The molecule has 3 atom stereocenters. The minimum Gasteiger partial charge on any atom is -0.462 e. The van der Waals surface area contributed by atoms with Crippen molar-refractivity contribution in [2.45, 2.75) is 52.6 Å². The zero-order valence-corrected chi connectivity index (χ0v) is 14.0. The molecule has 0 bridgehead atoms. The lowest BCUT2D eigenvalue weighted by atomic mass is 9.75. The highest BCUT2D eigenvalue weighted by molar-refractivity contribution is 5.74. The molecule has 0 saturated heterocycles. The Hall–Kier alpha value is -1.91. The molecular formula is C18H25NO4. The van der Waals surface area contributed by atoms with Crippen molar-refractivity contribution < 1.29 is 14.5 Å². The number of nitro benzene ring substituents is 1. The summed E-state index contributed by atoms with van der Waals surface area (Å²) in [5.74, 6) is 1.02. The van der Waals surface area contributed by atoms with E-state index in [0.717, 1.165) is 12.8 Å². The lowest BCUT2D eigenvalue weighted by Gasteiger charge is -2.36. The molecule has 0 unspecified atom stereocenters. The van der Waals surface area contributed by atoms with Gasteiger partial charge in [-0.15, -0.1) is 0 Å². The summed E-state index contributed by atoms with van der Waals surface area (Å²) < 4.78 is 5.71. The fraction of sp³-hybridized carbons (Fsp3) is 0.611. The Kier molecular flexibility index (Phi) is 5.74. The normalized spacial score (nSPS) is 24.4. The first-order chi connectivity index (χ1) is 10.9. The third-order valence-corrected chi connectivity index (χ3v) is 4.77. The van der Waals surface area contributed by atoms with Gasteiger partial charge in [-0.1, -0.05) is 45.4 Å². The summed E-state index contributed by atoms with van der Waals surface area (Å²) in [7, 11) is 0. The van der Waals surface area contributed by atoms with E-state index >= 15 is 0 Å². The van der Waals surface area contributed by atoms with Crippen molar-refractivity contribution in [1.82, 2.24) is 0 Å². The molecule has 5 nitrogen and oxygen atoms in total. The minimum absolute atomic E-state index is 0.0260. The molecule has 1 aliphatic rings. The second-order valence-electron chi connectivity index (χ2n) is 6.92. The Balaban J connectivity index is 2.05. The quantitative estimate of drug-likeness (QED) is 0.464. The number of nitro groups is 1. The predicted octanol–water partition coefficient (Wildman–Crippen LogP) is 4.14. The molecule has 0 aromatic heterocycles. The summed E-state index contributed by atoms with van der Waals surface area (Å²) in [4.78, 5) is 22.9. The topological polar surface area (TPSA) is 69.4 Å². The zero-order chi connectivity index (χ0) is 17.0. The number of carbonyl (C=O) groups excluding carboxylic acids is 1. The van der Waals surface area contributed by atoms with Crippen LogP contribution < -0.4 is 0 Å². The molecular weight excluding hydrogens is 294 g/mol. The number of para-hydroxylation sites is 1. The molecule has 23 heavy (non-hydrogen) atoms. The van der Waals surface area contributed by atoms with Crippen LogP contribution in [-0.4, -0.2) is 17.0 Å². The summed E-state index contributed by atoms with van der Waals surface area (Å²) >= 11 is 0. The Morgan fingerprint density at radius 3 is 2.70 bits per heavy atom. The summed E-state index contributed by atoms with van der Waals surface area (Å²) in [6, 6.07) is 6.34. The maximum atomic E-state index is 12.3. The van der Waals surface area contributed by atoms with E-state index in [-0.39, 0.29) is 24.2 Å². The third kappa shape index (κ3) is 4.53. The first-order valence-corrected chi connectivity index (χ1v) is 8.30. The molecule has 0 aliphatic heterocycles. The van der Waals surface area contributed by atoms with Crippen LogP contribution in [0.3, 0.4) is 0 Å². The average Bonchev–Trinajstić information content (AvgIpc) is 2.47. The van der Waals surface area contributed by atoms with E-state index in [0.29, 0.717) is 23.3 Å². The predicted molar refractivity (Wildman–Crippen MR) is 88.0 cm³/mol. The first kappa shape index (κ1) is 17.4. The van der Waals surface area contributed by atoms with Gasteiger partial charge in [0.1, 0.15) is 6.10 Å². The molecule has 1 aromatic carbocycles. The van der Waals surface area contributed by atoms with Crippen molar-refractivity contribution in [3.63, 3.8) is 0 Å². The van der Waals surface area contributed by atoms with Crippen LogP contribution >= 0.6 is 0 Å². The van der Waals surface area contributed by atoms with Crippen molar-refractivity contribution in [2.24, 2.45) is 17.8 Å². The van der Waals surface area contributed by atoms with Gasteiger partial charge in [0.2, 0.25) is 0 Å². The SMILES string of the molecule is CC(C)[C@@H]1CC[C@@H](C)C[C@H]1OC(=O)Cc1ccccc1[N+](=O)[O-]. The molecule has 1 aliphatic carbocycles. The van der Waals surface area contributed by atoms with Crippen LogP contribution in [0.25, 0.3) is 0 Å². The van der Waals surface area contributed by atoms with E-state index in [9.17, 15) is 14.9 Å². The van der Waals surface area contributed by atoms with E-state index in [1.54, 1.807) is 18.2 Å². The fourth-order valence-corrected chi connectivity index (χ4v) is 3.45. The Morgan fingerprint density at radius 2 is 2.04 bits per heavy atom. The van der Waals surface area contributed by atoms with Crippen molar-refractivity contribution in [2.75, 3.05) is 0 Å². The number of nitrogens with zero attached hydrogens (tertiary/aromatic N) is 1. The molecule has 126 valence electrons. The van der Waals surface area contributed by atoms with Crippen LogP contribution in [0.2, 0.25) is 0 Å². The van der Waals surface area contributed by atoms with Crippen molar-refractivity contribution >= 4 is 11.7 Å². The number of rotatable bonds is 5. The highest BCUT2D eigenvalue weighted by atomic mass is 16.6. The van der Waals surface area contributed by atoms with Crippen LogP contribution in [0.15, 0.2) is 24.3 Å². The van der Waals surface area contributed by atoms with Crippen molar-refractivity contribution in [3.8, 4) is 0 Å². The first-order valence-electron chi connectivity index (χ1n) is 8.30. The number of esters is 1. The Bertz CT molecular complexity index is 570. The molecule has 0 radical (unpaired) electrons. The molecule has 2 rings (SSSR count). The van der Waals surface area contributed by atoms with E-state index in [1.807, 2.05) is 0 Å². The van der Waals surface area contributed by atoms with E-state index in [2.05, 4.69) is 20.8 Å². The van der Waals surface area contributed by atoms with Crippen molar-refractivity contribution in [3.05, 3.63) is 39.9 Å². The summed E-state index contributed by atoms with van der Waals surface area (Å²) in [5.41, 5.74) is 0.384. The Labute approximate surface area is 137 Å². The van der Waals surface area contributed by atoms with Gasteiger partial charge in [0.15, 0.2) is 0 Å². The van der Waals surface area contributed by atoms with Gasteiger partial charge >= 0.3 is 5.97 Å². The summed E-state index contributed by atoms with van der Waals surface area (Å²) in [5, 5.41) is 11.0. The number of ether oxygens (including phenoxy) is 1. The molecule has 0 amide bonds. The molecule has 0 heterocycles. The standard InChI is InChI=1S/C18H25NO4/c1-12(2)15-9-8-13(3)10-17(15)23-18(20)11-14-6-4-5-7-16(14)19(21)22/h4-7,12-13,15,17H,8-11H2,1-3H3/t13-,15+,17-/m1/s1. The molecule has 1 aromatic rings. The second-order valence-corrected chi connectivity index (χ2v) is 6.92. The lowest BCUT2D eigenvalue weighted by molar-refractivity contribution is -0.385. The minimum atomic E-state index is -0.456. The van der Waals surface area contributed by atoms with Crippen LogP contribution in [0.4, 0.5) is 5.69 Å². The van der Waals surface area contributed by atoms with Crippen LogP contribution in [0, 0.1) is 27.9 Å². The smallest absolute Gasteiger partial charge is 0.310 e. The highest BCUT2D eigenvalue weighted by Crippen LogP contribution is 2.35. The van der Waals surface area contributed by atoms with E-state index in [4.69, 9.17) is 4.74 Å². The van der Waals surface area contributed by atoms with Gasteiger partial charge in [-0.05, 0) is 30.6 Å². The monoisotopic (exact) mass is 319 g/mol. The maximum Gasteiger partial charge on any atom is 0.310 e. The lowest BCUT2D eigenvalue weighted by Crippen LogP contribution is -2.36. The third-order valence-electron chi connectivity index (χ3n) is 4.77. The van der Waals surface area contributed by atoms with Gasteiger partial charge in [-0.2, -0.15) is 0 Å². The van der Waals surface area contributed by atoms with E-state index in [1.165, 1.54) is 12.5 Å². The zero-order valence-electron chi connectivity index (χ0n) is 14.0. The van der Waals surface area contributed by atoms with Gasteiger partial charge in [-0.3, -0.25) is 14.9 Å². The van der Waals surface area contributed by atoms with Crippen LogP contribution in [0.1, 0.15) is 45.6 Å². The number of benzene rings is 1. The summed E-state index contributed by atoms with van der Waals surface area (Å²) in [6.07, 6.45) is 3.00. The second kappa shape index (κ2) is 7.57. The number of hydrogen-bond donors (Lipinski definition) is 0. The average molecular weight is 319 g/mol. The number of carbonyl (C=O) groups is 1. The highest BCUT2D eigenvalue weighted by Gasteiger charge is 2.33. The Morgan fingerprint density at radius 1 is 1.35 bits per heavy atom. The largest absolute Gasteiger partial charge is 0.462 e. The van der Waals surface area contributed by atoms with Gasteiger partial charge < -0.3 is 4.74 Å². The van der Waals surface area contributed by atoms with Crippen molar-refractivity contribution in [1.29, 1.82) is 0 Å². The number of hydrogen-bond acceptors (Lipinski definition) is 4. The maximum absolute atomic E-state index is 12.3. The summed E-state index contributed by atoms with van der Waals surface area (Å²) in [6.45, 7) is 6.49. The fourth-order valence-electron chi connectivity index (χ4n) is 3.45. The van der Waals surface area contributed by atoms with E-state index < -0.39 is 4.92 Å². The van der Waals surface area contributed by atoms with Gasteiger partial charge in [0, 0.05) is 11.6 Å². The van der Waals surface area contributed by atoms with Crippen LogP contribution in [-0.2, 0) is 16.0 Å². The van der Waals surface area contributed by atoms with Gasteiger partial charge in [0.05, 0.1) is 11.3 Å². The molecule has 5 heteroatoms. The van der Waals surface area contributed by atoms with Gasteiger partial charge in [0.25, 0.3) is 5.69 Å². The van der Waals surface area contributed by atoms with Crippen LogP contribution in [0.5, 0.6) is 0 Å². The molecule has 1 fully saturated rings.